The van der Waals surface area contributed by atoms with Gasteiger partial charge in [-0.1, -0.05) is 78.1 Å². The lowest BCUT2D eigenvalue weighted by Crippen LogP contribution is -2.24. The molecule has 0 saturated heterocycles. The number of hydrogen-bond donors (Lipinski definition) is 1. The van der Waals surface area contributed by atoms with Crippen LogP contribution < -0.4 is 0 Å². The van der Waals surface area contributed by atoms with Crippen LogP contribution in [0.15, 0.2) is 0 Å². The largest absolute Gasteiger partial charge is 0.285 e. The highest BCUT2D eigenvalue weighted by Crippen LogP contribution is 2.19. The Morgan fingerprint density at radius 3 is 1.60 bits per heavy atom. The van der Waals surface area contributed by atoms with Crippen molar-refractivity contribution >= 4 is 10.1 Å². The molecule has 20 heavy (non-hydrogen) atoms. The third-order valence-corrected chi connectivity index (χ3v) is 5.69. The number of rotatable bonds is 13. The van der Waals surface area contributed by atoms with E-state index in [1.807, 2.05) is 6.92 Å². The summed E-state index contributed by atoms with van der Waals surface area (Å²) in [4.78, 5) is 0. The Morgan fingerprint density at radius 1 is 0.800 bits per heavy atom. The monoisotopic (exact) mass is 306 g/mol. The maximum absolute atomic E-state index is 11.0. The van der Waals surface area contributed by atoms with E-state index in [9.17, 15) is 8.42 Å². The van der Waals surface area contributed by atoms with Crippen LogP contribution in [0.5, 0.6) is 0 Å². The summed E-state index contributed by atoms with van der Waals surface area (Å²) in [5.41, 5.74) is 0. The summed E-state index contributed by atoms with van der Waals surface area (Å²) in [6, 6.07) is 0. The molecule has 0 spiro atoms. The van der Waals surface area contributed by atoms with E-state index in [1.54, 1.807) is 6.92 Å². The highest BCUT2D eigenvalue weighted by atomic mass is 32.2. The Kier molecular flexibility index (Phi) is 11.5. The summed E-state index contributed by atoms with van der Waals surface area (Å²) in [6.45, 7) is 5.74. The lowest BCUT2D eigenvalue weighted by Gasteiger charge is -2.16. The van der Waals surface area contributed by atoms with Crippen molar-refractivity contribution in [2.24, 2.45) is 5.92 Å². The minimum absolute atomic E-state index is 0.0408. The van der Waals surface area contributed by atoms with E-state index in [2.05, 4.69) is 6.92 Å². The summed E-state index contributed by atoms with van der Waals surface area (Å²) in [6.07, 6.45) is 13.8. The Balaban J connectivity index is 3.40. The first-order chi connectivity index (χ1) is 9.39. The van der Waals surface area contributed by atoms with Crippen molar-refractivity contribution in [1.29, 1.82) is 0 Å². The fraction of sp³-hybridized carbons (Fsp3) is 1.00. The molecular weight excluding hydrogens is 272 g/mol. The highest BCUT2D eigenvalue weighted by molar-refractivity contribution is 7.86. The predicted octanol–water partition coefficient (Wildman–Crippen LogP) is 5.21. The quantitative estimate of drug-likeness (QED) is 0.375. The van der Waals surface area contributed by atoms with Crippen LogP contribution in [0.4, 0.5) is 0 Å². The molecule has 0 saturated carbocycles. The topological polar surface area (TPSA) is 54.4 Å². The highest BCUT2D eigenvalue weighted by Gasteiger charge is 2.23. The molecule has 0 fully saturated rings. The van der Waals surface area contributed by atoms with Crippen molar-refractivity contribution in [3.63, 3.8) is 0 Å². The maximum Gasteiger partial charge on any atom is 0.267 e. The van der Waals surface area contributed by atoms with Gasteiger partial charge in [-0.2, -0.15) is 8.42 Å². The van der Waals surface area contributed by atoms with E-state index in [1.165, 1.54) is 57.8 Å². The molecule has 0 aliphatic carbocycles. The summed E-state index contributed by atoms with van der Waals surface area (Å²) >= 11 is 0. The zero-order chi connectivity index (χ0) is 15.4. The van der Waals surface area contributed by atoms with Crippen LogP contribution in [-0.2, 0) is 10.1 Å². The lowest BCUT2D eigenvalue weighted by molar-refractivity contribution is 0.417. The van der Waals surface area contributed by atoms with Gasteiger partial charge in [-0.3, -0.25) is 4.55 Å². The van der Waals surface area contributed by atoms with Gasteiger partial charge < -0.3 is 0 Å². The second-order valence-corrected chi connectivity index (χ2v) is 7.94. The maximum atomic E-state index is 11.0. The molecule has 4 heteroatoms. The summed E-state index contributed by atoms with van der Waals surface area (Å²) in [7, 11) is -3.86. The van der Waals surface area contributed by atoms with Gasteiger partial charge in [0.05, 0.1) is 5.25 Å². The minimum Gasteiger partial charge on any atom is -0.285 e. The molecule has 0 aliphatic heterocycles. The summed E-state index contributed by atoms with van der Waals surface area (Å²) < 4.78 is 31.0. The molecule has 1 N–H and O–H groups in total. The van der Waals surface area contributed by atoms with Gasteiger partial charge in [0.2, 0.25) is 0 Å². The predicted molar refractivity (Wildman–Crippen MR) is 86.6 cm³/mol. The number of hydrogen-bond acceptors (Lipinski definition) is 2. The fourth-order valence-electron chi connectivity index (χ4n) is 2.48. The molecule has 0 aliphatic rings. The van der Waals surface area contributed by atoms with E-state index >= 15 is 0 Å². The van der Waals surface area contributed by atoms with Crippen LogP contribution in [0.25, 0.3) is 0 Å². The standard InChI is InChI=1S/C16H34O3S/c1-4-5-6-7-8-9-10-11-12-13-14-15(2)16(3)20(17,18)19/h15-16H,4-14H2,1-3H3,(H,17,18,19). The molecule has 0 heterocycles. The van der Waals surface area contributed by atoms with E-state index in [0.29, 0.717) is 0 Å². The Morgan fingerprint density at radius 2 is 1.20 bits per heavy atom. The van der Waals surface area contributed by atoms with E-state index < -0.39 is 15.4 Å². The lowest BCUT2D eigenvalue weighted by atomic mass is 9.99. The first-order valence-corrected chi connectivity index (χ1v) is 9.86. The molecule has 3 nitrogen and oxygen atoms in total. The van der Waals surface area contributed by atoms with Gasteiger partial charge in [-0.05, 0) is 19.3 Å². The molecule has 0 aromatic carbocycles. The van der Waals surface area contributed by atoms with Gasteiger partial charge in [-0.15, -0.1) is 0 Å². The molecule has 0 radical (unpaired) electrons. The van der Waals surface area contributed by atoms with Crippen LogP contribution in [-0.4, -0.2) is 18.2 Å². The number of unbranched alkanes of at least 4 members (excludes halogenated alkanes) is 9. The zero-order valence-electron chi connectivity index (χ0n) is 13.6. The van der Waals surface area contributed by atoms with Crippen LogP contribution >= 0.6 is 0 Å². The zero-order valence-corrected chi connectivity index (χ0v) is 14.4. The molecule has 0 amide bonds. The van der Waals surface area contributed by atoms with Gasteiger partial charge in [0.15, 0.2) is 0 Å². The summed E-state index contributed by atoms with van der Waals surface area (Å²) in [5, 5.41) is -0.638. The molecule has 0 bridgehead atoms. The molecule has 2 atom stereocenters. The van der Waals surface area contributed by atoms with Crippen molar-refractivity contribution in [3.8, 4) is 0 Å². The third kappa shape index (κ3) is 10.7. The van der Waals surface area contributed by atoms with Crippen molar-refractivity contribution in [2.45, 2.75) is 96.7 Å². The Bertz CT molecular complexity index is 312. The van der Waals surface area contributed by atoms with Crippen LogP contribution in [0.1, 0.15) is 91.4 Å². The fourth-order valence-corrected chi connectivity index (χ4v) is 3.21. The Hall–Kier alpha value is -0.0900. The van der Waals surface area contributed by atoms with E-state index in [0.717, 1.165) is 12.8 Å². The van der Waals surface area contributed by atoms with Crippen molar-refractivity contribution < 1.29 is 13.0 Å². The average molecular weight is 307 g/mol. The second kappa shape index (κ2) is 11.6. The molecule has 0 aromatic rings. The summed E-state index contributed by atoms with van der Waals surface area (Å²) in [5.74, 6) is 0.0408. The molecule has 122 valence electrons. The van der Waals surface area contributed by atoms with Crippen molar-refractivity contribution in [1.82, 2.24) is 0 Å². The average Bonchev–Trinajstić information content (AvgIpc) is 2.38. The van der Waals surface area contributed by atoms with Gasteiger partial charge in [0.25, 0.3) is 10.1 Å². The van der Waals surface area contributed by atoms with Crippen molar-refractivity contribution in [3.05, 3.63) is 0 Å². The SMILES string of the molecule is CCCCCCCCCCCCC(C)C(C)S(=O)(=O)O. The smallest absolute Gasteiger partial charge is 0.267 e. The van der Waals surface area contributed by atoms with Crippen LogP contribution in [0, 0.1) is 5.92 Å². The van der Waals surface area contributed by atoms with Gasteiger partial charge in [-0.25, -0.2) is 0 Å². The molecule has 0 aromatic heterocycles. The van der Waals surface area contributed by atoms with Crippen LogP contribution in [0.3, 0.4) is 0 Å². The van der Waals surface area contributed by atoms with Crippen LogP contribution in [0.2, 0.25) is 0 Å². The molecule has 2 unspecified atom stereocenters. The normalized spacial score (nSPS) is 15.2. The minimum atomic E-state index is -3.86. The molecular formula is C16H34O3S. The third-order valence-electron chi connectivity index (χ3n) is 4.28. The van der Waals surface area contributed by atoms with Crippen molar-refractivity contribution in [2.75, 3.05) is 0 Å². The van der Waals surface area contributed by atoms with E-state index in [4.69, 9.17) is 4.55 Å². The van der Waals surface area contributed by atoms with E-state index in [-0.39, 0.29) is 5.92 Å². The second-order valence-electron chi connectivity index (χ2n) is 6.17. The van der Waals surface area contributed by atoms with Gasteiger partial charge in [0, 0.05) is 0 Å². The van der Waals surface area contributed by atoms with Gasteiger partial charge in [0.1, 0.15) is 0 Å². The first-order valence-electron chi connectivity index (χ1n) is 8.35. The Labute approximate surface area is 126 Å². The first kappa shape index (κ1) is 19.9. The molecule has 0 rings (SSSR count). The van der Waals surface area contributed by atoms with Gasteiger partial charge >= 0.3 is 0 Å².